The molecule has 0 amide bonds. The van der Waals surface area contributed by atoms with Crippen molar-refractivity contribution in [3.8, 4) is 28.3 Å². The molecule has 1 radical (unpaired) electrons. The average molecular weight is 740 g/mol. The number of rotatable bonds is 5. The maximum atomic E-state index is 5.89. The van der Waals surface area contributed by atoms with Crippen molar-refractivity contribution in [2.24, 2.45) is 5.92 Å². The first kappa shape index (κ1) is 30.2. The van der Waals surface area contributed by atoms with Crippen LogP contribution in [-0.2, 0) is 26.5 Å². The van der Waals surface area contributed by atoms with E-state index < -0.39 is 0 Å². The molecule has 0 aliphatic carbocycles. The first-order valence-electron chi connectivity index (χ1n) is 14.4. The third-order valence-corrected chi connectivity index (χ3v) is 7.32. The Bertz CT molecular complexity index is 1900. The largest absolute Gasteiger partial charge is 0.557 e. The minimum absolute atomic E-state index is 0. The Morgan fingerprint density at radius 3 is 2.33 bits per heavy atom. The van der Waals surface area contributed by atoms with Crippen molar-refractivity contribution in [2.45, 2.75) is 34.1 Å². The number of nitrogens with zero attached hydrogens (tertiary/aromatic N) is 3. The van der Waals surface area contributed by atoms with Crippen molar-refractivity contribution in [1.82, 2.24) is 14.5 Å². The van der Waals surface area contributed by atoms with E-state index in [1.165, 1.54) is 22.4 Å². The van der Waals surface area contributed by atoms with Gasteiger partial charge in [0.15, 0.2) is 0 Å². The van der Waals surface area contributed by atoms with Gasteiger partial charge in [-0.25, -0.2) is 0 Å². The molecule has 0 aliphatic rings. The molecule has 217 valence electrons. The monoisotopic (exact) mass is 740 g/mol. The molecule has 7 rings (SSSR count). The smallest absolute Gasteiger partial charge is 0.0774 e. The van der Waals surface area contributed by atoms with Gasteiger partial charge in [-0.2, -0.15) is 0 Å². The topological polar surface area (TPSA) is 43.9 Å². The van der Waals surface area contributed by atoms with E-state index in [1.54, 1.807) is 6.20 Å². The summed E-state index contributed by atoms with van der Waals surface area (Å²) in [5.74, 6) is 1.47. The summed E-state index contributed by atoms with van der Waals surface area (Å²) in [5, 5.41) is 1.05. The van der Waals surface area contributed by atoms with Gasteiger partial charge in [-0.1, -0.05) is 85.0 Å². The standard InChI is InChI=1S/C27H25N2O.C11H8N.Ir/c1-17(2)14-20-12-13-21-22(16-30-25(21)15-20)27-28-23-10-5-6-11-24(23)29(27)26-18(3)8-7-9-19(26)4;1-2-6-10(7-3-1)11-8-4-5-9-12-11;/h5-13,15,17H,14H2,1-4H3;1-6,8-9H;/q2*-1;. The molecule has 0 N–H and O–H groups in total. The van der Waals surface area contributed by atoms with Gasteiger partial charge in [0.25, 0.3) is 0 Å². The molecule has 7 aromatic rings. The summed E-state index contributed by atoms with van der Waals surface area (Å²) in [7, 11) is 0. The molecule has 4 aromatic carbocycles. The number of imidazole rings is 1. The second kappa shape index (κ2) is 13.3. The number of aryl methyl sites for hydroxylation is 2. The van der Waals surface area contributed by atoms with Gasteiger partial charge >= 0.3 is 0 Å². The fourth-order valence-corrected chi connectivity index (χ4v) is 5.44. The Labute approximate surface area is 266 Å². The van der Waals surface area contributed by atoms with E-state index in [4.69, 9.17) is 9.40 Å². The van der Waals surface area contributed by atoms with Crippen LogP contribution in [0.25, 0.3) is 50.3 Å². The Kier molecular flexibility index (Phi) is 9.35. The van der Waals surface area contributed by atoms with Crippen LogP contribution in [0.4, 0.5) is 0 Å². The van der Waals surface area contributed by atoms with Crippen LogP contribution in [0.3, 0.4) is 0 Å². The number of aromatic nitrogens is 3. The SMILES string of the molecule is Cc1cccc(C)c1-n1c(-c2[c-]oc3cc(CC(C)C)ccc23)nc2ccccc21.[Ir].[c-]1ccccc1-c1ccccn1. The van der Waals surface area contributed by atoms with E-state index in [-0.39, 0.29) is 20.1 Å². The molecule has 0 atom stereocenters. The summed E-state index contributed by atoms with van der Waals surface area (Å²) in [6.45, 7) is 8.76. The van der Waals surface area contributed by atoms with Crippen LogP contribution in [0.15, 0.2) is 114 Å². The molecule has 0 unspecified atom stereocenters. The van der Waals surface area contributed by atoms with Crippen LogP contribution < -0.4 is 0 Å². The number of hydrogen-bond acceptors (Lipinski definition) is 3. The third kappa shape index (κ3) is 6.39. The Morgan fingerprint density at radius 1 is 0.837 bits per heavy atom. The molecular formula is C38H33IrN3O-2. The Hall–Kier alpha value is -4.31. The van der Waals surface area contributed by atoms with Crippen LogP contribution in [0.1, 0.15) is 30.5 Å². The molecule has 0 fully saturated rings. The number of furan rings is 1. The van der Waals surface area contributed by atoms with Crippen LogP contribution in [0.2, 0.25) is 0 Å². The zero-order valence-electron chi connectivity index (χ0n) is 24.8. The van der Waals surface area contributed by atoms with Gasteiger partial charge in [0.2, 0.25) is 0 Å². The molecule has 3 aromatic heterocycles. The molecule has 0 spiro atoms. The number of para-hydroxylation sites is 3. The summed E-state index contributed by atoms with van der Waals surface area (Å²) in [6, 6.07) is 38.0. The minimum Gasteiger partial charge on any atom is -0.557 e. The zero-order valence-corrected chi connectivity index (χ0v) is 27.2. The maximum Gasteiger partial charge on any atom is 0.0774 e. The van der Waals surface area contributed by atoms with Crippen molar-refractivity contribution in [3.63, 3.8) is 0 Å². The quantitative estimate of drug-likeness (QED) is 0.165. The van der Waals surface area contributed by atoms with E-state index in [0.717, 1.165) is 51.1 Å². The van der Waals surface area contributed by atoms with Gasteiger partial charge in [-0.15, -0.1) is 42.0 Å². The van der Waals surface area contributed by atoms with Crippen LogP contribution in [0.5, 0.6) is 0 Å². The summed E-state index contributed by atoms with van der Waals surface area (Å²) in [4.78, 5) is 9.22. The van der Waals surface area contributed by atoms with E-state index in [2.05, 4.69) is 104 Å². The number of hydrogen-bond donors (Lipinski definition) is 0. The molecule has 0 aliphatic heterocycles. The fourth-order valence-electron chi connectivity index (χ4n) is 5.44. The van der Waals surface area contributed by atoms with E-state index in [9.17, 15) is 0 Å². The summed E-state index contributed by atoms with van der Waals surface area (Å²) < 4.78 is 8.15. The van der Waals surface area contributed by atoms with Gasteiger partial charge in [-0.05, 0) is 61.2 Å². The van der Waals surface area contributed by atoms with Crippen molar-refractivity contribution < 1.29 is 24.5 Å². The van der Waals surface area contributed by atoms with Crippen molar-refractivity contribution in [1.29, 1.82) is 0 Å². The van der Waals surface area contributed by atoms with Crippen LogP contribution in [0, 0.1) is 32.1 Å². The average Bonchev–Trinajstić information content (AvgIpc) is 3.59. The van der Waals surface area contributed by atoms with Crippen molar-refractivity contribution in [3.05, 3.63) is 138 Å². The number of benzene rings is 4. The number of pyridine rings is 1. The second-order valence-electron chi connectivity index (χ2n) is 11.0. The molecule has 0 bridgehead atoms. The first-order chi connectivity index (χ1) is 20.5. The Morgan fingerprint density at radius 2 is 1.60 bits per heavy atom. The van der Waals surface area contributed by atoms with Crippen molar-refractivity contribution >= 4 is 22.0 Å². The molecule has 4 nitrogen and oxygen atoms in total. The fraction of sp³-hybridized carbons (Fsp3) is 0.158. The third-order valence-electron chi connectivity index (χ3n) is 7.32. The maximum absolute atomic E-state index is 5.89. The second-order valence-corrected chi connectivity index (χ2v) is 11.0. The normalized spacial score (nSPS) is 10.9. The first-order valence-corrected chi connectivity index (χ1v) is 14.4. The molecule has 0 saturated heterocycles. The summed E-state index contributed by atoms with van der Waals surface area (Å²) in [6.07, 6.45) is 5.98. The number of fused-ring (bicyclic) bond motifs is 2. The molecular weight excluding hydrogens is 707 g/mol. The van der Waals surface area contributed by atoms with Crippen LogP contribution >= 0.6 is 0 Å². The van der Waals surface area contributed by atoms with E-state index >= 15 is 0 Å². The summed E-state index contributed by atoms with van der Waals surface area (Å²) in [5.41, 5.74) is 10.7. The predicted molar refractivity (Wildman–Crippen MR) is 172 cm³/mol. The van der Waals surface area contributed by atoms with Crippen molar-refractivity contribution in [2.75, 3.05) is 0 Å². The predicted octanol–water partition coefficient (Wildman–Crippen LogP) is 9.60. The van der Waals surface area contributed by atoms with E-state index in [0.29, 0.717) is 5.92 Å². The van der Waals surface area contributed by atoms with Gasteiger partial charge in [0, 0.05) is 43.8 Å². The Balaban J connectivity index is 0.000000238. The van der Waals surface area contributed by atoms with Crippen LogP contribution in [-0.4, -0.2) is 14.5 Å². The zero-order chi connectivity index (χ0) is 29.1. The molecule has 43 heavy (non-hydrogen) atoms. The van der Waals surface area contributed by atoms with Gasteiger partial charge in [0.1, 0.15) is 0 Å². The minimum atomic E-state index is 0. The molecule has 0 saturated carbocycles. The van der Waals surface area contributed by atoms with Gasteiger partial charge in [-0.3, -0.25) is 4.98 Å². The van der Waals surface area contributed by atoms with Gasteiger partial charge in [0.05, 0.1) is 16.9 Å². The summed E-state index contributed by atoms with van der Waals surface area (Å²) >= 11 is 0. The van der Waals surface area contributed by atoms with E-state index in [1.807, 2.05) is 48.5 Å². The molecule has 3 heterocycles. The molecule has 5 heteroatoms. The van der Waals surface area contributed by atoms with Gasteiger partial charge < -0.3 is 14.0 Å².